The van der Waals surface area contributed by atoms with E-state index in [9.17, 15) is 9.59 Å². The summed E-state index contributed by atoms with van der Waals surface area (Å²) in [5, 5.41) is 2.70. The molecule has 1 saturated heterocycles. The third-order valence-corrected chi connectivity index (χ3v) is 3.02. The summed E-state index contributed by atoms with van der Waals surface area (Å²) < 4.78 is 0. The van der Waals surface area contributed by atoms with Crippen molar-refractivity contribution in [1.82, 2.24) is 10.2 Å². The Labute approximate surface area is 91.0 Å². The van der Waals surface area contributed by atoms with E-state index in [1.807, 2.05) is 6.92 Å². The van der Waals surface area contributed by atoms with Crippen molar-refractivity contribution in [1.29, 1.82) is 0 Å². The first-order chi connectivity index (χ1) is 6.75. The van der Waals surface area contributed by atoms with E-state index in [4.69, 9.17) is 0 Å². The zero-order valence-electron chi connectivity index (χ0n) is 10.1. The van der Waals surface area contributed by atoms with Crippen molar-refractivity contribution in [3.8, 4) is 0 Å². The van der Waals surface area contributed by atoms with E-state index >= 15 is 0 Å². The van der Waals surface area contributed by atoms with E-state index in [2.05, 4.69) is 19.2 Å². The Kier molecular flexibility index (Phi) is 3.07. The van der Waals surface area contributed by atoms with Gasteiger partial charge >= 0.3 is 0 Å². The van der Waals surface area contributed by atoms with Gasteiger partial charge in [0.1, 0.15) is 5.54 Å². The van der Waals surface area contributed by atoms with Crippen LogP contribution in [-0.2, 0) is 9.59 Å². The number of hydrogen-bond acceptors (Lipinski definition) is 2. The summed E-state index contributed by atoms with van der Waals surface area (Å²) in [5.41, 5.74) is -0.765. The lowest BCUT2D eigenvalue weighted by atomic mass is 9.96. The average molecular weight is 212 g/mol. The van der Waals surface area contributed by atoms with Crippen molar-refractivity contribution in [3.63, 3.8) is 0 Å². The largest absolute Gasteiger partial charge is 0.341 e. The van der Waals surface area contributed by atoms with Crippen LogP contribution in [0.2, 0.25) is 0 Å². The molecule has 0 aromatic heterocycles. The summed E-state index contributed by atoms with van der Waals surface area (Å²) in [6.07, 6.45) is 0. The third-order valence-electron chi connectivity index (χ3n) is 3.02. The van der Waals surface area contributed by atoms with Gasteiger partial charge in [0, 0.05) is 6.04 Å². The first-order valence-corrected chi connectivity index (χ1v) is 5.38. The number of nitrogens with zero attached hydrogens (tertiary/aromatic N) is 1. The average Bonchev–Trinajstić information content (AvgIpc) is 2.09. The minimum Gasteiger partial charge on any atom is -0.341 e. The minimum atomic E-state index is -0.765. The van der Waals surface area contributed by atoms with Gasteiger partial charge in [-0.15, -0.1) is 0 Å². The molecule has 1 fully saturated rings. The standard InChI is InChI=1S/C11H20N2O2/c1-7(2)8(3)13-6-9(14)12-11(4,5)10(13)15/h7-8H,6H2,1-5H3,(H,12,14). The number of carbonyl (C=O) groups excluding carboxylic acids is 2. The molecular formula is C11H20N2O2. The highest BCUT2D eigenvalue weighted by molar-refractivity contribution is 5.97. The van der Waals surface area contributed by atoms with E-state index in [1.54, 1.807) is 18.7 Å². The zero-order valence-corrected chi connectivity index (χ0v) is 10.1. The minimum absolute atomic E-state index is 0.00306. The quantitative estimate of drug-likeness (QED) is 0.735. The number of hydrogen-bond donors (Lipinski definition) is 1. The lowest BCUT2D eigenvalue weighted by Crippen LogP contribution is -2.65. The van der Waals surface area contributed by atoms with Crippen LogP contribution in [0.5, 0.6) is 0 Å². The summed E-state index contributed by atoms with van der Waals surface area (Å²) in [6, 6.07) is 0.0998. The Morgan fingerprint density at radius 2 is 1.80 bits per heavy atom. The Morgan fingerprint density at radius 3 is 2.27 bits per heavy atom. The molecule has 15 heavy (non-hydrogen) atoms. The molecule has 1 aliphatic rings. The molecular weight excluding hydrogens is 192 g/mol. The molecule has 0 spiro atoms. The molecule has 4 nitrogen and oxygen atoms in total. The summed E-state index contributed by atoms with van der Waals surface area (Å²) in [4.78, 5) is 25.2. The van der Waals surface area contributed by atoms with Crippen LogP contribution >= 0.6 is 0 Å². The molecule has 0 aromatic carbocycles. The van der Waals surface area contributed by atoms with E-state index in [0.717, 1.165) is 0 Å². The van der Waals surface area contributed by atoms with E-state index < -0.39 is 5.54 Å². The van der Waals surface area contributed by atoms with Gasteiger partial charge in [-0.25, -0.2) is 0 Å². The Hall–Kier alpha value is -1.06. The van der Waals surface area contributed by atoms with Crippen LogP contribution in [0.1, 0.15) is 34.6 Å². The second-order valence-corrected chi connectivity index (χ2v) is 5.09. The van der Waals surface area contributed by atoms with E-state index in [-0.39, 0.29) is 24.4 Å². The van der Waals surface area contributed by atoms with Gasteiger partial charge in [0.25, 0.3) is 0 Å². The van der Waals surface area contributed by atoms with Crippen LogP contribution < -0.4 is 5.32 Å². The lowest BCUT2D eigenvalue weighted by Gasteiger charge is -2.41. The van der Waals surface area contributed by atoms with Crippen LogP contribution in [0.3, 0.4) is 0 Å². The molecule has 1 rings (SSSR count). The third kappa shape index (κ3) is 2.30. The molecule has 0 radical (unpaired) electrons. The summed E-state index contributed by atoms with van der Waals surface area (Å²) in [6.45, 7) is 9.76. The molecule has 0 aliphatic carbocycles. The van der Waals surface area contributed by atoms with Gasteiger partial charge in [-0.1, -0.05) is 13.8 Å². The molecule has 0 saturated carbocycles. The highest BCUT2D eigenvalue weighted by Crippen LogP contribution is 2.19. The summed E-state index contributed by atoms with van der Waals surface area (Å²) in [5.74, 6) is 0.283. The number of amides is 2. The fourth-order valence-corrected chi connectivity index (χ4v) is 1.72. The maximum Gasteiger partial charge on any atom is 0.248 e. The maximum absolute atomic E-state index is 12.0. The van der Waals surface area contributed by atoms with Gasteiger partial charge in [0.05, 0.1) is 6.54 Å². The number of rotatable bonds is 2. The van der Waals surface area contributed by atoms with Gasteiger partial charge in [-0.3, -0.25) is 9.59 Å². The van der Waals surface area contributed by atoms with Crippen molar-refractivity contribution in [2.75, 3.05) is 6.54 Å². The second kappa shape index (κ2) is 3.83. The molecule has 1 heterocycles. The van der Waals surface area contributed by atoms with Crippen molar-refractivity contribution in [2.24, 2.45) is 5.92 Å². The maximum atomic E-state index is 12.0. The van der Waals surface area contributed by atoms with Crippen LogP contribution in [0.25, 0.3) is 0 Å². The van der Waals surface area contributed by atoms with Crippen molar-refractivity contribution < 1.29 is 9.59 Å². The predicted molar refractivity (Wildman–Crippen MR) is 58.2 cm³/mol. The van der Waals surface area contributed by atoms with Gasteiger partial charge in [-0.2, -0.15) is 0 Å². The molecule has 1 atom stereocenters. The molecule has 1 unspecified atom stereocenters. The Morgan fingerprint density at radius 1 is 1.27 bits per heavy atom. The van der Waals surface area contributed by atoms with Crippen molar-refractivity contribution >= 4 is 11.8 Å². The molecule has 86 valence electrons. The highest BCUT2D eigenvalue weighted by Gasteiger charge is 2.41. The fraction of sp³-hybridized carbons (Fsp3) is 0.818. The van der Waals surface area contributed by atoms with Crippen molar-refractivity contribution in [2.45, 2.75) is 46.2 Å². The smallest absolute Gasteiger partial charge is 0.248 e. The summed E-state index contributed by atoms with van der Waals surface area (Å²) >= 11 is 0. The van der Waals surface area contributed by atoms with Crippen LogP contribution in [0.4, 0.5) is 0 Å². The second-order valence-electron chi connectivity index (χ2n) is 5.09. The molecule has 2 amide bonds. The van der Waals surface area contributed by atoms with Gasteiger partial charge in [-0.05, 0) is 26.7 Å². The van der Waals surface area contributed by atoms with E-state index in [0.29, 0.717) is 5.92 Å². The highest BCUT2D eigenvalue weighted by atomic mass is 16.2. The number of piperazine rings is 1. The molecule has 4 heteroatoms. The summed E-state index contributed by atoms with van der Waals surface area (Å²) in [7, 11) is 0. The molecule has 0 bridgehead atoms. The molecule has 0 aromatic rings. The first kappa shape index (κ1) is 12.0. The SMILES string of the molecule is CC(C)C(C)N1CC(=O)NC(C)(C)C1=O. The number of nitrogens with one attached hydrogen (secondary N) is 1. The lowest BCUT2D eigenvalue weighted by molar-refractivity contribution is -0.151. The Balaban J connectivity index is 2.89. The Bertz CT molecular complexity index is 284. The predicted octanol–water partition coefficient (Wildman–Crippen LogP) is 0.768. The van der Waals surface area contributed by atoms with E-state index in [1.165, 1.54) is 0 Å². The topological polar surface area (TPSA) is 49.4 Å². The van der Waals surface area contributed by atoms with Crippen LogP contribution in [-0.4, -0.2) is 34.8 Å². The molecule has 1 aliphatic heterocycles. The van der Waals surface area contributed by atoms with Gasteiger partial charge in [0.15, 0.2) is 0 Å². The van der Waals surface area contributed by atoms with Crippen LogP contribution in [0, 0.1) is 5.92 Å². The fourth-order valence-electron chi connectivity index (χ4n) is 1.72. The number of carbonyl (C=O) groups is 2. The molecule has 1 N–H and O–H groups in total. The van der Waals surface area contributed by atoms with Crippen LogP contribution in [0.15, 0.2) is 0 Å². The zero-order chi connectivity index (χ0) is 11.8. The normalized spacial score (nSPS) is 22.9. The first-order valence-electron chi connectivity index (χ1n) is 5.38. The monoisotopic (exact) mass is 212 g/mol. The van der Waals surface area contributed by atoms with Gasteiger partial charge in [0.2, 0.25) is 11.8 Å². The van der Waals surface area contributed by atoms with Crippen molar-refractivity contribution in [3.05, 3.63) is 0 Å². The van der Waals surface area contributed by atoms with Gasteiger partial charge < -0.3 is 10.2 Å².